The van der Waals surface area contributed by atoms with E-state index in [0.717, 1.165) is 22.6 Å². The predicted octanol–water partition coefficient (Wildman–Crippen LogP) is 3.92. The fourth-order valence-corrected chi connectivity index (χ4v) is 3.07. The summed E-state index contributed by atoms with van der Waals surface area (Å²) < 4.78 is 8.83. The van der Waals surface area contributed by atoms with Gasteiger partial charge in [0.25, 0.3) is 5.56 Å². The molecule has 2 aromatic heterocycles. The molecule has 0 atom stereocenters. The van der Waals surface area contributed by atoms with Gasteiger partial charge in [-0.15, -0.1) is 0 Å². The Kier molecular flexibility index (Phi) is 4.50. The van der Waals surface area contributed by atoms with Gasteiger partial charge in [-0.2, -0.15) is 5.10 Å². The maximum atomic E-state index is 12.9. The molecule has 5 heteroatoms. The highest BCUT2D eigenvalue weighted by Gasteiger charge is 2.10. The summed E-state index contributed by atoms with van der Waals surface area (Å²) in [5.74, 6) is 0.825. The number of aryl methyl sites for hydroxylation is 1. The molecule has 0 aliphatic rings. The smallest absolute Gasteiger partial charge is 0.276 e. The summed E-state index contributed by atoms with van der Waals surface area (Å²) in [5, 5.41) is 4.54. The Morgan fingerprint density at radius 1 is 1.00 bits per heavy atom. The topological polar surface area (TPSA) is 48.5 Å². The molecule has 0 radical (unpaired) electrons. The zero-order valence-electron chi connectivity index (χ0n) is 15.4. The number of ether oxygens (including phenoxy) is 1. The van der Waals surface area contributed by atoms with Gasteiger partial charge in [0.15, 0.2) is 0 Å². The molecule has 0 saturated carbocycles. The molecule has 27 heavy (non-hydrogen) atoms. The molecule has 0 aliphatic carbocycles. The third-order valence-corrected chi connectivity index (χ3v) is 4.54. The van der Waals surface area contributed by atoms with Crippen molar-refractivity contribution in [3.05, 3.63) is 88.5 Å². The van der Waals surface area contributed by atoms with E-state index in [1.54, 1.807) is 15.3 Å². The first-order valence-electron chi connectivity index (χ1n) is 9.01. The molecule has 4 aromatic rings. The van der Waals surface area contributed by atoms with Crippen molar-refractivity contribution in [2.75, 3.05) is 6.61 Å². The van der Waals surface area contributed by atoms with E-state index in [-0.39, 0.29) is 5.56 Å². The molecule has 136 valence electrons. The molecule has 2 aromatic carbocycles. The van der Waals surface area contributed by atoms with Crippen LogP contribution in [0.3, 0.4) is 0 Å². The SMILES string of the molecule is CCOc1ccc(-c2cc3c(=O)n(Cc4ccc(C)cc4)ccn3n2)cc1. The van der Waals surface area contributed by atoms with Gasteiger partial charge >= 0.3 is 0 Å². The quantitative estimate of drug-likeness (QED) is 0.543. The van der Waals surface area contributed by atoms with Gasteiger partial charge in [-0.25, -0.2) is 4.52 Å². The highest BCUT2D eigenvalue weighted by Crippen LogP contribution is 2.22. The Labute approximate surface area is 157 Å². The van der Waals surface area contributed by atoms with Gasteiger partial charge in [0.2, 0.25) is 0 Å². The monoisotopic (exact) mass is 359 g/mol. The molecule has 2 heterocycles. The van der Waals surface area contributed by atoms with Gasteiger partial charge in [-0.1, -0.05) is 29.8 Å². The number of nitrogens with zero attached hydrogens (tertiary/aromatic N) is 3. The molecule has 4 rings (SSSR count). The molecule has 0 unspecified atom stereocenters. The molecule has 0 saturated heterocycles. The third kappa shape index (κ3) is 3.49. The van der Waals surface area contributed by atoms with Gasteiger partial charge in [-0.05, 0) is 49.7 Å². The third-order valence-electron chi connectivity index (χ3n) is 4.54. The first-order chi connectivity index (χ1) is 13.1. The molecule has 0 amide bonds. The van der Waals surface area contributed by atoms with Crippen molar-refractivity contribution >= 4 is 5.52 Å². The van der Waals surface area contributed by atoms with Crippen LogP contribution in [-0.4, -0.2) is 20.8 Å². The van der Waals surface area contributed by atoms with Crippen LogP contribution in [0.4, 0.5) is 0 Å². The van der Waals surface area contributed by atoms with E-state index in [4.69, 9.17) is 4.74 Å². The minimum Gasteiger partial charge on any atom is -0.494 e. The highest BCUT2D eigenvalue weighted by molar-refractivity contribution is 5.66. The van der Waals surface area contributed by atoms with Crippen LogP contribution in [0, 0.1) is 6.92 Å². The number of benzene rings is 2. The average Bonchev–Trinajstić information content (AvgIpc) is 3.12. The lowest BCUT2D eigenvalue weighted by Crippen LogP contribution is -2.21. The zero-order valence-corrected chi connectivity index (χ0v) is 15.4. The Morgan fingerprint density at radius 3 is 2.44 bits per heavy atom. The number of rotatable bonds is 5. The Balaban J connectivity index is 1.67. The summed E-state index contributed by atoms with van der Waals surface area (Å²) in [7, 11) is 0. The maximum Gasteiger partial charge on any atom is 0.276 e. The Hall–Kier alpha value is -3.34. The van der Waals surface area contributed by atoms with Gasteiger partial charge < -0.3 is 9.30 Å². The van der Waals surface area contributed by atoms with Gasteiger partial charge in [0, 0.05) is 18.0 Å². The van der Waals surface area contributed by atoms with Crippen LogP contribution in [0.2, 0.25) is 0 Å². The molecule has 0 aliphatic heterocycles. The van der Waals surface area contributed by atoms with Crippen LogP contribution in [0.15, 0.2) is 71.8 Å². The highest BCUT2D eigenvalue weighted by atomic mass is 16.5. The standard InChI is InChI=1S/C22H21N3O2/c1-3-27-19-10-8-18(9-11-19)20-14-21-22(26)24(12-13-25(21)23-20)15-17-6-4-16(2)5-7-17/h4-14H,3,15H2,1-2H3. The number of hydrogen-bond donors (Lipinski definition) is 0. The zero-order chi connectivity index (χ0) is 18.8. The summed E-state index contributed by atoms with van der Waals surface area (Å²) >= 11 is 0. The van der Waals surface area contributed by atoms with Crippen molar-refractivity contribution in [2.45, 2.75) is 20.4 Å². The molecular formula is C22H21N3O2. The van der Waals surface area contributed by atoms with Crippen LogP contribution in [-0.2, 0) is 6.54 Å². The van der Waals surface area contributed by atoms with Crippen molar-refractivity contribution in [3.8, 4) is 17.0 Å². The second-order valence-electron chi connectivity index (χ2n) is 6.53. The number of fused-ring (bicyclic) bond motifs is 1. The molecule has 0 fully saturated rings. The summed E-state index contributed by atoms with van der Waals surface area (Å²) in [6.45, 7) is 5.18. The van der Waals surface area contributed by atoms with Gasteiger partial charge in [0.1, 0.15) is 11.3 Å². The predicted molar refractivity (Wildman–Crippen MR) is 106 cm³/mol. The molecular weight excluding hydrogens is 338 g/mol. The maximum absolute atomic E-state index is 12.9. The fourth-order valence-electron chi connectivity index (χ4n) is 3.07. The van der Waals surface area contributed by atoms with E-state index >= 15 is 0 Å². The van der Waals surface area contributed by atoms with Gasteiger partial charge in [-0.3, -0.25) is 4.79 Å². The van der Waals surface area contributed by atoms with Crippen LogP contribution in [0.1, 0.15) is 18.1 Å². The first-order valence-corrected chi connectivity index (χ1v) is 9.01. The van der Waals surface area contributed by atoms with E-state index in [0.29, 0.717) is 18.7 Å². The second kappa shape index (κ2) is 7.11. The summed E-state index contributed by atoms with van der Waals surface area (Å²) in [6, 6.07) is 17.8. The normalized spacial score (nSPS) is 11.0. The van der Waals surface area contributed by atoms with Crippen molar-refractivity contribution in [2.24, 2.45) is 0 Å². The summed E-state index contributed by atoms with van der Waals surface area (Å²) in [5.41, 5.74) is 4.53. The number of aromatic nitrogens is 3. The first kappa shape index (κ1) is 17.1. The van der Waals surface area contributed by atoms with Crippen LogP contribution < -0.4 is 10.3 Å². The van der Waals surface area contributed by atoms with Crippen molar-refractivity contribution < 1.29 is 4.74 Å². The van der Waals surface area contributed by atoms with Crippen molar-refractivity contribution in [1.82, 2.24) is 14.2 Å². The largest absolute Gasteiger partial charge is 0.494 e. The number of hydrogen-bond acceptors (Lipinski definition) is 3. The fraction of sp³-hybridized carbons (Fsp3) is 0.182. The molecule has 0 bridgehead atoms. The van der Waals surface area contributed by atoms with E-state index in [2.05, 4.69) is 24.2 Å². The lowest BCUT2D eigenvalue weighted by Gasteiger charge is -2.06. The summed E-state index contributed by atoms with van der Waals surface area (Å²) in [4.78, 5) is 12.9. The van der Waals surface area contributed by atoms with E-state index in [9.17, 15) is 4.79 Å². The van der Waals surface area contributed by atoms with E-state index < -0.39 is 0 Å². The molecule has 5 nitrogen and oxygen atoms in total. The van der Waals surface area contributed by atoms with Crippen LogP contribution >= 0.6 is 0 Å². The Bertz CT molecular complexity index is 1120. The van der Waals surface area contributed by atoms with Crippen molar-refractivity contribution in [1.29, 1.82) is 0 Å². The minimum atomic E-state index is -0.0530. The van der Waals surface area contributed by atoms with Crippen LogP contribution in [0.5, 0.6) is 5.75 Å². The lowest BCUT2D eigenvalue weighted by atomic mass is 10.1. The average molecular weight is 359 g/mol. The van der Waals surface area contributed by atoms with E-state index in [1.165, 1.54) is 5.56 Å². The van der Waals surface area contributed by atoms with E-state index in [1.807, 2.05) is 55.6 Å². The minimum absolute atomic E-state index is 0.0530. The molecule has 0 spiro atoms. The van der Waals surface area contributed by atoms with Crippen molar-refractivity contribution in [3.63, 3.8) is 0 Å². The summed E-state index contributed by atoms with van der Waals surface area (Å²) in [6.07, 6.45) is 3.60. The van der Waals surface area contributed by atoms with Gasteiger partial charge in [0.05, 0.1) is 18.8 Å². The second-order valence-corrected chi connectivity index (χ2v) is 6.53. The lowest BCUT2D eigenvalue weighted by molar-refractivity contribution is 0.340. The Morgan fingerprint density at radius 2 is 1.74 bits per heavy atom. The van der Waals surface area contributed by atoms with Crippen LogP contribution in [0.25, 0.3) is 16.8 Å². The molecule has 0 N–H and O–H groups in total.